The summed E-state index contributed by atoms with van der Waals surface area (Å²) < 4.78 is 6.67. The molecule has 0 aromatic heterocycles. The van der Waals surface area contributed by atoms with Crippen LogP contribution in [0.1, 0.15) is 23.5 Å². The zero-order valence-corrected chi connectivity index (χ0v) is 15.4. The maximum absolute atomic E-state index is 5.27. The summed E-state index contributed by atoms with van der Waals surface area (Å²) in [7, 11) is 1.78. The van der Waals surface area contributed by atoms with E-state index in [4.69, 9.17) is 4.74 Å². The first-order valence-corrected chi connectivity index (χ1v) is 7.03. The van der Waals surface area contributed by atoms with E-state index in [-0.39, 0.29) is 37.2 Å². The van der Waals surface area contributed by atoms with Gasteiger partial charge in [0.05, 0.1) is 0 Å². The molecule has 1 atom stereocenters. The minimum atomic E-state index is 0. The second kappa shape index (κ2) is 9.20. The summed E-state index contributed by atoms with van der Waals surface area (Å²) in [5.74, 6) is 0.498. The zero-order chi connectivity index (χ0) is 12.5. The maximum Gasteiger partial charge on any atom is -1.00 e. The molecule has 1 aliphatic carbocycles. The fourth-order valence-electron chi connectivity index (χ4n) is 2.91. The second-order valence-electron chi connectivity index (χ2n) is 4.69. The Morgan fingerprint density at radius 1 is 0.952 bits per heavy atom. The van der Waals surface area contributed by atoms with Crippen molar-refractivity contribution in [3.63, 3.8) is 0 Å². The van der Waals surface area contributed by atoms with E-state index in [0.717, 1.165) is 13.0 Å². The summed E-state index contributed by atoms with van der Waals surface area (Å²) in [6.07, 6.45) is 1.06. The summed E-state index contributed by atoms with van der Waals surface area (Å²) >= 11 is 2.21. The number of rotatable bonds is 3. The van der Waals surface area contributed by atoms with Crippen molar-refractivity contribution < 1.29 is 62.4 Å². The van der Waals surface area contributed by atoms with E-state index in [1.807, 2.05) is 0 Å². The van der Waals surface area contributed by atoms with Crippen molar-refractivity contribution in [1.82, 2.24) is 0 Å². The molecule has 21 heavy (non-hydrogen) atoms. The van der Waals surface area contributed by atoms with Crippen LogP contribution in [0, 0.1) is 0 Å². The average Bonchev–Trinajstić information content (AvgIpc) is 2.72. The molecule has 0 heterocycles. The molecule has 0 amide bonds. The van der Waals surface area contributed by atoms with Crippen LogP contribution in [-0.4, -0.2) is 13.7 Å². The number of ether oxygens (including phenoxy) is 1. The minimum absolute atomic E-state index is 0. The molecule has 0 N–H and O–H groups in total. The van der Waals surface area contributed by atoms with Crippen molar-refractivity contribution in [2.75, 3.05) is 13.7 Å². The van der Waals surface area contributed by atoms with Crippen molar-refractivity contribution in [1.29, 1.82) is 0 Å². The third kappa shape index (κ3) is 3.85. The predicted octanol–water partition coefficient (Wildman–Crippen LogP) is -5.98. The Labute approximate surface area is 156 Å². The van der Waals surface area contributed by atoms with Crippen molar-refractivity contribution in [2.24, 2.45) is 0 Å². The van der Waals surface area contributed by atoms with Crippen molar-refractivity contribution >= 4 is 3.87 Å². The molecule has 0 radical (unpaired) electrons. The van der Waals surface area contributed by atoms with Gasteiger partial charge in [-0.05, 0) is 0 Å². The van der Waals surface area contributed by atoms with Crippen molar-refractivity contribution in [3.8, 4) is 11.1 Å². The van der Waals surface area contributed by atoms with Crippen LogP contribution < -0.4 is 41.1 Å². The number of methoxy groups -OCH3 is 1. The molecule has 0 saturated heterocycles. The molecule has 110 valence electrons. The van der Waals surface area contributed by atoms with Crippen LogP contribution in [0.3, 0.4) is 0 Å². The van der Waals surface area contributed by atoms with Gasteiger partial charge in [-0.25, -0.2) is 0 Å². The maximum atomic E-state index is 5.27. The monoisotopic (exact) mass is 376 g/mol. The molecule has 1 aliphatic rings. The predicted molar refractivity (Wildman–Crippen MR) is 69.8 cm³/mol. The van der Waals surface area contributed by atoms with Crippen LogP contribution in [0.4, 0.5) is 0 Å². The van der Waals surface area contributed by atoms with Gasteiger partial charge in [0.1, 0.15) is 0 Å². The fourth-order valence-corrected chi connectivity index (χ4v) is 3.55. The Kier molecular flexibility index (Phi) is 9.19. The number of halogens is 3. The normalized spacial score (nSPS) is 14.1. The fraction of sp³-hybridized carbons (Fsp3) is 0.250. The molecule has 0 saturated carbocycles. The Morgan fingerprint density at radius 3 is 2.33 bits per heavy atom. The molecule has 1 unspecified atom stereocenters. The summed E-state index contributed by atoms with van der Waals surface area (Å²) in [4.78, 5) is 0. The van der Waals surface area contributed by atoms with Crippen LogP contribution in [-0.2, 0) is 25.2 Å². The first-order chi connectivity index (χ1) is 8.83. The SMILES string of the molecule is COCCC1c2ccccc2-c2ccc[c]([Ti+3])c21.[Cl-].[Cl-].[Cl-]. The average molecular weight is 378 g/mol. The standard InChI is InChI=1S/C16H15O.3ClH.Ti/c1-17-11-10-16-14-8-4-2-6-12(14)13-7-3-5-9-15(13)16;;;;/h2-8,16H,10-11H2,1H3;3*1H;/q;;;;+3/p-3. The van der Waals surface area contributed by atoms with Gasteiger partial charge in [0, 0.05) is 0 Å². The molecule has 0 fully saturated rings. The van der Waals surface area contributed by atoms with Crippen molar-refractivity contribution in [3.05, 3.63) is 53.6 Å². The molecule has 2 aromatic rings. The first-order valence-electron chi connectivity index (χ1n) is 6.25. The van der Waals surface area contributed by atoms with Gasteiger partial charge in [-0.15, -0.1) is 0 Å². The van der Waals surface area contributed by atoms with E-state index in [0.29, 0.717) is 5.92 Å². The molecule has 0 spiro atoms. The van der Waals surface area contributed by atoms with E-state index in [1.54, 1.807) is 7.11 Å². The first kappa shape index (κ1) is 21.0. The molecule has 3 rings (SSSR count). The molecular weight excluding hydrogens is 362 g/mol. The van der Waals surface area contributed by atoms with E-state index in [2.05, 4.69) is 62.9 Å². The Morgan fingerprint density at radius 2 is 1.62 bits per heavy atom. The van der Waals surface area contributed by atoms with Crippen LogP contribution in [0.25, 0.3) is 11.1 Å². The van der Waals surface area contributed by atoms with Gasteiger partial charge in [0.25, 0.3) is 0 Å². The number of hydrogen-bond donors (Lipinski definition) is 0. The zero-order valence-electron chi connectivity index (χ0n) is 11.6. The Balaban J connectivity index is 0.00000133. The summed E-state index contributed by atoms with van der Waals surface area (Å²) in [5.41, 5.74) is 5.76. The quantitative estimate of drug-likeness (QED) is 0.484. The van der Waals surface area contributed by atoms with Gasteiger partial charge in [-0.1, -0.05) is 0 Å². The van der Waals surface area contributed by atoms with Crippen LogP contribution >= 0.6 is 0 Å². The topological polar surface area (TPSA) is 9.23 Å². The summed E-state index contributed by atoms with van der Waals surface area (Å²) in [6, 6.07) is 15.4. The van der Waals surface area contributed by atoms with Crippen molar-refractivity contribution in [2.45, 2.75) is 12.3 Å². The van der Waals surface area contributed by atoms with Crippen LogP contribution in [0.2, 0.25) is 0 Å². The molecule has 1 nitrogen and oxygen atoms in total. The third-order valence-electron chi connectivity index (χ3n) is 3.69. The van der Waals surface area contributed by atoms with Crippen LogP contribution in [0.15, 0.2) is 42.5 Å². The third-order valence-corrected chi connectivity index (χ3v) is 4.37. The Bertz CT molecular complexity index is 589. The van der Waals surface area contributed by atoms with Gasteiger partial charge in [-0.2, -0.15) is 0 Å². The van der Waals surface area contributed by atoms with Gasteiger partial charge in [0.15, 0.2) is 0 Å². The number of hydrogen-bond acceptors (Lipinski definition) is 1. The van der Waals surface area contributed by atoms with E-state index in [9.17, 15) is 0 Å². The Hall–Kier alpha value is -0.0157. The van der Waals surface area contributed by atoms with Crippen LogP contribution in [0.5, 0.6) is 0 Å². The van der Waals surface area contributed by atoms with Gasteiger partial charge >= 0.3 is 120 Å². The number of fused-ring (bicyclic) bond motifs is 3. The smallest absolute Gasteiger partial charge is 1.00 e. The molecule has 5 heteroatoms. The van der Waals surface area contributed by atoms with Gasteiger partial charge in [-0.3, -0.25) is 0 Å². The molecule has 2 aromatic carbocycles. The largest absolute Gasteiger partial charge is 1.00 e. The molecule has 0 bridgehead atoms. The second-order valence-corrected chi connectivity index (χ2v) is 5.53. The summed E-state index contributed by atoms with van der Waals surface area (Å²) in [6.45, 7) is 0.812. The molecule has 0 aliphatic heterocycles. The van der Waals surface area contributed by atoms with E-state index >= 15 is 0 Å². The van der Waals surface area contributed by atoms with E-state index in [1.165, 1.54) is 26.1 Å². The minimum Gasteiger partial charge on any atom is -1.00 e. The van der Waals surface area contributed by atoms with E-state index < -0.39 is 0 Å². The number of benzene rings is 2. The molecular formula is C16H15Cl3OTi. The van der Waals surface area contributed by atoms with Gasteiger partial charge < -0.3 is 37.2 Å². The summed E-state index contributed by atoms with van der Waals surface area (Å²) in [5, 5.41) is 0. The van der Waals surface area contributed by atoms with Gasteiger partial charge in [0.2, 0.25) is 0 Å².